The number of benzene rings is 1. The van der Waals surface area contributed by atoms with Gasteiger partial charge in [-0.3, -0.25) is 0 Å². The molecule has 0 spiro atoms. The van der Waals surface area contributed by atoms with Gasteiger partial charge in [-0.05, 0) is 50.5 Å². The fourth-order valence-electron chi connectivity index (χ4n) is 2.67. The Balaban J connectivity index is 1.50. The van der Waals surface area contributed by atoms with Gasteiger partial charge < -0.3 is 15.2 Å². The molecule has 3 rings (SSSR count). The van der Waals surface area contributed by atoms with Gasteiger partial charge in [0.25, 0.3) is 0 Å². The maximum Gasteiger partial charge on any atom is 0.123 e. The third-order valence-corrected chi connectivity index (χ3v) is 5.33. The maximum absolute atomic E-state index is 12.8. The Bertz CT molecular complexity index is 640. The number of nitrogens with one attached hydrogen (secondary N) is 1. The van der Waals surface area contributed by atoms with Gasteiger partial charge in [-0.25, -0.2) is 9.37 Å². The summed E-state index contributed by atoms with van der Waals surface area (Å²) in [6.07, 6.45) is 2.64. The van der Waals surface area contributed by atoms with E-state index in [1.54, 1.807) is 23.5 Å². The molecule has 1 saturated carbocycles. The van der Waals surface area contributed by atoms with E-state index >= 15 is 0 Å². The molecule has 1 aliphatic carbocycles. The van der Waals surface area contributed by atoms with Gasteiger partial charge in [0.05, 0.1) is 5.54 Å². The van der Waals surface area contributed by atoms with E-state index < -0.39 is 6.10 Å². The van der Waals surface area contributed by atoms with E-state index in [0.717, 1.165) is 23.5 Å². The molecule has 1 fully saturated rings. The highest BCUT2D eigenvalue weighted by atomic mass is 32.1. The van der Waals surface area contributed by atoms with Crippen LogP contribution in [0.25, 0.3) is 0 Å². The quantitative estimate of drug-likeness (QED) is 0.816. The van der Waals surface area contributed by atoms with Crippen molar-refractivity contribution in [3.63, 3.8) is 0 Å². The summed E-state index contributed by atoms with van der Waals surface area (Å²) < 4.78 is 18.3. The highest BCUT2D eigenvalue weighted by molar-refractivity contribution is 7.09. The van der Waals surface area contributed by atoms with E-state index in [9.17, 15) is 9.50 Å². The van der Waals surface area contributed by atoms with E-state index in [-0.39, 0.29) is 18.0 Å². The average molecular weight is 336 g/mol. The highest BCUT2D eigenvalue weighted by Crippen LogP contribution is 2.42. The van der Waals surface area contributed by atoms with E-state index in [4.69, 9.17) is 4.74 Å². The largest absolute Gasteiger partial charge is 0.491 e. The minimum Gasteiger partial charge on any atom is -0.491 e. The van der Waals surface area contributed by atoms with Gasteiger partial charge in [0.2, 0.25) is 0 Å². The molecule has 0 unspecified atom stereocenters. The van der Waals surface area contributed by atoms with Crippen molar-refractivity contribution in [3.8, 4) is 5.75 Å². The third kappa shape index (κ3) is 3.88. The Morgan fingerprint density at radius 3 is 2.70 bits per heavy atom. The Kier molecular flexibility index (Phi) is 4.94. The first-order valence-electron chi connectivity index (χ1n) is 7.81. The molecule has 1 aliphatic rings. The molecule has 2 N–H and O–H groups in total. The minimum absolute atomic E-state index is 0.0875. The number of halogens is 1. The number of ether oxygens (including phenoxy) is 1. The van der Waals surface area contributed by atoms with Crippen LogP contribution < -0.4 is 10.1 Å². The van der Waals surface area contributed by atoms with E-state index in [0.29, 0.717) is 12.3 Å². The second-order valence-electron chi connectivity index (χ2n) is 6.03. The summed E-state index contributed by atoms with van der Waals surface area (Å²) in [6.45, 7) is 2.61. The first-order valence-corrected chi connectivity index (χ1v) is 8.69. The van der Waals surface area contributed by atoms with Crippen LogP contribution >= 0.6 is 11.3 Å². The molecule has 1 aromatic heterocycles. The maximum atomic E-state index is 12.8. The van der Waals surface area contributed by atoms with Crippen LogP contribution in [0.1, 0.15) is 30.0 Å². The lowest BCUT2D eigenvalue weighted by molar-refractivity contribution is 0.0816. The topological polar surface area (TPSA) is 54.4 Å². The van der Waals surface area contributed by atoms with Gasteiger partial charge >= 0.3 is 0 Å². The first-order chi connectivity index (χ1) is 11.1. The van der Waals surface area contributed by atoms with E-state index in [2.05, 4.69) is 15.7 Å². The molecule has 23 heavy (non-hydrogen) atoms. The van der Waals surface area contributed by atoms with Crippen LogP contribution in [0, 0.1) is 12.7 Å². The van der Waals surface area contributed by atoms with Crippen molar-refractivity contribution in [1.82, 2.24) is 10.3 Å². The number of aliphatic hydroxyl groups is 1. The van der Waals surface area contributed by atoms with Crippen molar-refractivity contribution in [3.05, 3.63) is 46.2 Å². The Morgan fingerprint density at radius 1 is 1.39 bits per heavy atom. The molecule has 0 amide bonds. The molecule has 2 aromatic rings. The molecule has 4 nitrogen and oxygen atoms in total. The zero-order valence-electron chi connectivity index (χ0n) is 13.1. The van der Waals surface area contributed by atoms with Gasteiger partial charge in [0, 0.05) is 17.6 Å². The summed E-state index contributed by atoms with van der Waals surface area (Å²) in [5.41, 5.74) is 0.953. The van der Waals surface area contributed by atoms with Crippen LogP contribution in [0.5, 0.6) is 5.75 Å². The van der Waals surface area contributed by atoms with Gasteiger partial charge in [-0.15, -0.1) is 11.3 Å². The molecular formula is C17H21FN2O2S. The SMILES string of the molecule is Cc1csc(C2(NC[C@@H](O)COc3ccc(F)cc3)CCC2)n1. The van der Waals surface area contributed by atoms with Crippen LogP contribution in [-0.2, 0) is 5.54 Å². The average Bonchev–Trinajstić information content (AvgIpc) is 2.92. The molecule has 1 aromatic carbocycles. The summed E-state index contributed by atoms with van der Waals surface area (Å²) in [5, 5.41) is 16.8. The predicted octanol–water partition coefficient (Wildman–Crippen LogP) is 3.00. The Morgan fingerprint density at radius 2 is 2.13 bits per heavy atom. The lowest BCUT2D eigenvalue weighted by atomic mass is 9.77. The number of hydrogen-bond acceptors (Lipinski definition) is 5. The van der Waals surface area contributed by atoms with Gasteiger partial charge in [-0.2, -0.15) is 0 Å². The van der Waals surface area contributed by atoms with Crippen LogP contribution in [-0.4, -0.2) is 29.3 Å². The molecule has 0 saturated heterocycles. The number of thiazole rings is 1. The Labute approximate surface area is 139 Å². The van der Waals surface area contributed by atoms with Crippen molar-refractivity contribution in [2.45, 2.75) is 37.8 Å². The van der Waals surface area contributed by atoms with Gasteiger partial charge in [-0.1, -0.05) is 0 Å². The van der Waals surface area contributed by atoms with Crippen LogP contribution in [0.15, 0.2) is 29.6 Å². The van der Waals surface area contributed by atoms with Crippen LogP contribution in [0.3, 0.4) is 0 Å². The third-order valence-electron chi connectivity index (χ3n) is 4.17. The lowest BCUT2D eigenvalue weighted by Gasteiger charge is -2.41. The molecular weight excluding hydrogens is 315 g/mol. The van der Waals surface area contributed by atoms with Gasteiger partial charge in [0.1, 0.15) is 29.3 Å². The highest BCUT2D eigenvalue weighted by Gasteiger charge is 2.41. The van der Waals surface area contributed by atoms with Crippen molar-refractivity contribution in [1.29, 1.82) is 0 Å². The summed E-state index contributed by atoms with van der Waals surface area (Å²) in [5.74, 6) is 0.254. The fourth-order valence-corrected chi connectivity index (χ4v) is 3.70. The zero-order valence-corrected chi connectivity index (χ0v) is 13.9. The minimum atomic E-state index is -0.626. The number of rotatable bonds is 7. The second kappa shape index (κ2) is 6.95. The summed E-state index contributed by atoms with van der Waals surface area (Å²) >= 11 is 1.67. The first kappa shape index (κ1) is 16.4. The van der Waals surface area contributed by atoms with Crippen molar-refractivity contribution < 1.29 is 14.2 Å². The Hall–Kier alpha value is -1.50. The van der Waals surface area contributed by atoms with Gasteiger partial charge in [0.15, 0.2) is 0 Å². The molecule has 124 valence electrons. The zero-order chi connectivity index (χ0) is 16.3. The van der Waals surface area contributed by atoms with Crippen LogP contribution in [0.2, 0.25) is 0 Å². The predicted molar refractivity (Wildman–Crippen MR) is 88.3 cm³/mol. The number of hydrogen-bond donors (Lipinski definition) is 2. The molecule has 1 heterocycles. The number of aromatic nitrogens is 1. The smallest absolute Gasteiger partial charge is 0.123 e. The van der Waals surface area contributed by atoms with Crippen molar-refractivity contribution in [2.24, 2.45) is 0 Å². The monoisotopic (exact) mass is 336 g/mol. The molecule has 0 aliphatic heterocycles. The van der Waals surface area contributed by atoms with Crippen molar-refractivity contribution in [2.75, 3.05) is 13.2 Å². The number of nitrogens with zero attached hydrogens (tertiary/aromatic N) is 1. The van der Waals surface area contributed by atoms with E-state index in [1.807, 2.05) is 6.92 Å². The van der Waals surface area contributed by atoms with Crippen LogP contribution in [0.4, 0.5) is 4.39 Å². The van der Waals surface area contributed by atoms with E-state index in [1.165, 1.54) is 18.6 Å². The normalized spacial score (nSPS) is 17.5. The second-order valence-corrected chi connectivity index (χ2v) is 6.89. The summed E-state index contributed by atoms with van der Waals surface area (Å²) in [4.78, 5) is 4.59. The molecule has 0 radical (unpaired) electrons. The van der Waals surface area contributed by atoms with Crippen molar-refractivity contribution >= 4 is 11.3 Å². The number of aryl methyl sites for hydroxylation is 1. The molecule has 6 heteroatoms. The summed E-state index contributed by atoms with van der Waals surface area (Å²) in [7, 11) is 0. The lowest BCUT2D eigenvalue weighted by Crippen LogP contribution is -2.51. The summed E-state index contributed by atoms with van der Waals surface area (Å²) in [6, 6.07) is 5.80. The molecule has 0 bridgehead atoms. The fraction of sp³-hybridized carbons (Fsp3) is 0.471. The number of aliphatic hydroxyl groups excluding tert-OH is 1. The molecule has 1 atom stereocenters. The standard InChI is InChI=1S/C17H21FN2O2S/c1-12-11-23-16(20-12)17(7-2-8-17)19-9-14(21)10-22-15-5-3-13(18)4-6-15/h3-6,11,14,19,21H,2,7-10H2,1H3/t14-/m1/s1.